The lowest BCUT2D eigenvalue weighted by Crippen LogP contribution is -2.27. The molecule has 1 aliphatic carbocycles. The van der Waals surface area contributed by atoms with Gasteiger partial charge in [-0.15, -0.1) is 0 Å². The highest BCUT2D eigenvalue weighted by atomic mass is 16.1. The molecule has 3 aromatic rings. The van der Waals surface area contributed by atoms with Crippen molar-refractivity contribution >= 4 is 10.9 Å². The molecule has 6 nitrogen and oxygen atoms in total. The molecule has 6 heteroatoms. The number of fused-ring (bicyclic) bond motifs is 1. The first-order valence-electron chi connectivity index (χ1n) is 9.31. The molecule has 0 saturated heterocycles. The number of benzene rings is 1. The summed E-state index contributed by atoms with van der Waals surface area (Å²) < 4.78 is 1.95. The van der Waals surface area contributed by atoms with Gasteiger partial charge in [0.25, 0.3) is 0 Å². The second-order valence-electron chi connectivity index (χ2n) is 7.24. The molecule has 0 bridgehead atoms. The third-order valence-electron chi connectivity index (χ3n) is 5.29. The van der Waals surface area contributed by atoms with Crippen LogP contribution in [0.3, 0.4) is 0 Å². The van der Waals surface area contributed by atoms with Crippen LogP contribution in [0.4, 0.5) is 0 Å². The fourth-order valence-electron chi connectivity index (χ4n) is 3.69. The van der Waals surface area contributed by atoms with Gasteiger partial charge in [-0.05, 0) is 50.7 Å². The van der Waals surface area contributed by atoms with E-state index in [0.29, 0.717) is 12.5 Å². The summed E-state index contributed by atoms with van der Waals surface area (Å²) in [4.78, 5) is 20.5. The third kappa shape index (κ3) is 3.05. The average Bonchev–Trinajstić information content (AvgIpc) is 3.35. The lowest BCUT2D eigenvalue weighted by Gasteiger charge is -2.18. The quantitative estimate of drug-likeness (QED) is 0.716. The van der Waals surface area contributed by atoms with Gasteiger partial charge in [0.1, 0.15) is 12.2 Å². The van der Waals surface area contributed by atoms with Crippen LogP contribution in [-0.2, 0) is 13.1 Å². The van der Waals surface area contributed by atoms with Crippen molar-refractivity contribution in [3.63, 3.8) is 0 Å². The molecule has 2 heterocycles. The summed E-state index contributed by atoms with van der Waals surface area (Å²) in [6.45, 7) is 7.51. The predicted octanol–water partition coefficient (Wildman–Crippen LogP) is 3.00. The van der Waals surface area contributed by atoms with Crippen LogP contribution in [0, 0.1) is 19.8 Å². The fraction of sp³-hybridized carbons (Fsp3) is 0.450. The molecule has 2 N–H and O–H groups in total. The normalized spacial score (nSPS) is 15.5. The van der Waals surface area contributed by atoms with Crippen molar-refractivity contribution in [2.24, 2.45) is 5.92 Å². The summed E-state index contributed by atoms with van der Waals surface area (Å²) in [5.74, 6) is 1.59. The van der Waals surface area contributed by atoms with Crippen LogP contribution in [0.15, 0.2) is 29.3 Å². The first kappa shape index (κ1) is 17.0. The SMILES string of the molecule is CCn1ncnc1C(NCc1cc(=O)c2c(C)ccc(C)c2[nH]1)C1CC1. The first-order valence-corrected chi connectivity index (χ1v) is 9.31. The molecule has 4 rings (SSSR count). The number of rotatable bonds is 6. The number of nitrogens with zero attached hydrogens (tertiary/aromatic N) is 3. The highest BCUT2D eigenvalue weighted by Gasteiger charge is 2.34. The van der Waals surface area contributed by atoms with Crippen molar-refractivity contribution in [3.05, 3.63) is 57.4 Å². The lowest BCUT2D eigenvalue weighted by atomic mass is 10.0. The molecule has 1 fully saturated rings. The largest absolute Gasteiger partial charge is 0.357 e. The monoisotopic (exact) mass is 351 g/mol. The van der Waals surface area contributed by atoms with Gasteiger partial charge in [0.05, 0.1) is 11.6 Å². The summed E-state index contributed by atoms with van der Waals surface area (Å²) in [7, 11) is 0. The first-order chi connectivity index (χ1) is 12.6. The Hall–Kier alpha value is -2.47. The van der Waals surface area contributed by atoms with E-state index in [0.717, 1.165) is 40.1 Å². The minimum Gasteiger partial charge on any atom is -0.357 e. The zero-order chi connectivity index (χ0) is 18.3. The van der Waals surface area contributed by atoms with Crippen molar-refractivity contribution in [2.45, 2.75) is 52.7 Å². The second-order valence-corrected chi connectivity index (χ2v) is 7.24. The lowest BCUT2D eigenvalue weighted by molar-refractivity contribution is 0.427. The minimum atomic E-state index is 0.0800. The Morgan fingerprint density at radius 1 is 1.31 bits per heavy atom. The zero-order valence-corrected chi connectivity index (χ0v) is 15.5. The van der Waals surface area contributed by atoms with Crippen molar-refractivity contribution in [3.8, 4) is 0 Å². The second kappa shape index (κ2) is 6.68. The molecule has 1 saturated carbocycles. The number of aromatic nitrogens is 4. The Labute approximate surface area is 152 Å². The molecule has 0 aliphatic heterocycles. The van der Waals surface area contributed by atoms with Gasteiger partial charge in [-0.2, -0.15) is 5.10 Å². The number of aryl methyl sites for hydroxylation is 3. The molecule has 0 amide bonds. The maximum atomic E-state index is 12.6. The van der Waals surface area contributed by atoms with Crippen LogP contribution >= 0.6 is 0 Å². The van der Waals surface area contributed by atoms with Crippen molar-refractivity contribution in [1.29, 1.82) is 0 Å². The van der Waals surface area contributed by atoms with Gasteiger partial charge in [-0.1, -0.05) is 12.1 Å². The van der Waals surface area contributed by atoms with Crippen LogP contribution in [0.2, 0.25) is 0 Å². The number of H-pyrrole nitrogens is 1. The highest BCUT2D eigenvalue weighted by Crippen LogP contribution is 2.40. The molecule has 1 aromatic carbocycles. The molecule has 1 unspecified atom stereocenters. The number of hydrogen-bond donors (Lipinski definition) is 2. The topological polar surface area (TPSA) is 75.6 Å². The molecule has 1 atom stereocenters. The summed E-state index contributed by atoms with van der Waals surface area (Å²) >= 11 is 0. The van der Waals surface area contributed by atoms with E-state index in [2.05, 4.69) is 33.4 Å². The number of hydrogen-bond acceptors (Lipinski definition) is 4. The standard InChI is InChI=1S/C20H25N5O/c1-4-25-20(22-11-23-25)19(14-7-8-14)21-10-15-9-16(26)17-12(2)5-6-13(3)18(17)24-15/h5-6,9,11,14,19,21H,4,7-8,10H2,1-3H3,(H,24,26). The van der Waals surface area contributed by atoms with Crippen LogP contribution in [0.1, 0.15) is 48.5 Å². The van der Waals surface area contributed by atoms with E-state index >= 15 is 0 Å². The van der Waals surface area contributed by atoms with Crippen molar-refractivity contribution in [2.75, 3.05) is 0 Å². The van der Waals surface area contributed by atoms with Gasteiger partial charge in [0.15, 0.2) is 5.43 Å². The minimum absolute atomic E-state index is 0.0800. The molecule has 0 spiro atoms. The van der Waals surface area contributed by atoms with Gasteiger partial charge in [-0.25, -0.2) is 9.67 Å². The maximum Gasteiger partial charge on any atom is 0.189 e. The highest BCUT2D eigenvalue weighted by molar-refractivity contribution is 5.84. The van der Waals surface area contributed by atoms with E-state index in [9.17, 15) is 4.79 Å². The number of nitrogens with one attached hydrogen (secondary N) is 2. The van der Waals surface area contributed by atoms with Crippen LogP contribution in [0.5, 0.6) is 0 Å². The zero-order valence-electron chi connectivity index (χ0n) is 15.5. The van der Waals surface area contributed by atoms with Crippen LogP contribution in [-0.4, -0.2) is 19.7 Å². The predicted molar refractivity (Wildman–Crippen MR) is 102 cm³/mol. The van der Waals surface area contributed by atoms with E-state index in [4.69, 9.17) is 0 Å². The molecular weight excluding hydrogens is 326 g/mol. The van der Waals surface area contributed by atoms with Gasteiger partial charge in [0, 0.05) is 30.2 Å². The van der Waals surface area contributed by atoms with Gasteiger partial charge in [0.2, 0.25) is 0 Å². The smallest absolute Gasteiger partial charge is 0.189 e. The Morgan fingerprint density at radius 3 is 2.81 bits per heavy atom. The number of pyridine rings is 1. The van der Waals surface area contributed by atoms with E-state index in [1.54, 1.807) is 12.4 Å². The summed E-state index contributed by atoms with van der Waals surface area (Å²) in [6.07, 6.45) is 4.04. The summed E-state index contributed by atoms with van der Waals surface area (Å²) in [5.41, 5.74) is 4.03. The van der Waals surface area contributed by atoms with E-state index in [1.807, 2.05) is 24.6 Å². The Balaban J connectivity index is 1.63. The molecule has 136 valence electrons. The Bertz CT molecular complexity index is 999. The molecule has 1 aliphatic rings. The molecular formula is C20H25N5O. The molecule has 0 radical (unpaired) electrons. The van der Waals surface area contributed by atoms with Crippen molar-refractivity contribution in [1.82, 2.24) is 25.1 Å². The Kier molecular flexibility index (Phi) is 4.36. The average molecular weight is 351 g/mol. The van der Waals surface area contributed by atoms with Crippen LogP contribution < -0.4 is 10.7 Å². The Morgan fingerprint density at radius 2 is 2.08 bits per heavy atom. The van der Waals surface area contributed by atoms with Crippen LogP contribution in [0.25, 0.3) is 10.9 Å². The van der Waals surface area contributed by atoms with E-state index < -0.39 is 0 Å². The summed E-state index contributed by atoms with van der Waals surface area (Å²) in [6, 6.07) is 5.96. The van der Waals surface area contributed by atoms with Crippen molar-refractivity contribution < 1.29 is 0 Å². The number of aromatic amines is 1. The van der Waals surface area contributed by atoms with Gasteiger partial charge < -0.3 is 10.3 Å². The summed E-state index contributed by atoms with van der Waals surface area (Å²) in [5, 5.41) is 8.70. The molecule has 26 heavy (non-hydrogen) atoms. The van der Waals surface area contributed by atoms with E-state index in [-0.39, 0.29) is 11.5 Å². The van der Waals surface area contributed by atoms with Gasteiger partial charge in [-0.3, -0.25) is 4.79 Å². The molecule has 2 aromatic heterocycles. The van der Waals surface area contributed by atoms with E-state index in [1.165, 1.54) is 12.8 Å². The third-order valence-corrected chi connectivity index (χ3v) is 5.29. The fourth-order valence-corrected chi connectivity index (χ4v) is 3.69. The van der Waals surface area contributed by atoms with Gasteiger partial charge >= 0.3 is 0 Å². The maximum absolute atomic E-state index is 12.6.